The van der Waals surface area contributed by atoms with Crippen molar-refractivity contribution in [2.45, 2.75) is 13.0 Å². The quantitative estimate of drug-likeness (QED) is 0.615. The van der Waals surface area contributed by atoms with Gasteiger partial charge in [0, 0.05) is 18.7 Å². The van der Waals surface area contributed by atoms with Gasteiger partial charge in [-0.3, -0.25) is 4.79 Å². The van der Waals surface area contributed by atoms with E-state index in [1.165, 1.54) is 0 Å². The van der Waals surface area contributed by atoms with E-state index in [0.717, 1.165) is 35.8 Å². The van der Waals surface area contributed by atoms with E-state index in [1.807, 2.05) is 55.5 Å². The molecule has 1 fully saturated rings. The zero-order chi connectivity index (χ0) is 21.8. The van der Waals surface area contributed by atoms with Crippen molar-refractivity contribution >= 4 is 29.0 Å². The van der Waals surface area contributed by atoms with Crippen LogP contribution in [0.15, 0.2) is 60.8 Å². The van der Waals surface area contributed by atoms with Gasteiger partial charge >= 0.3 is 0 Å². The van der Waals surface area contributed by atoms with Crippen LogP contribution in [-0.2, 0) is 4.74 Å². The molecule has 1 aliphatic rings. The molecule has 6 nitrogen and oxygen atoms in total. The molecule has 160 valence electrons. The minimum absolute atomic E-state index is 0.176. The molecule has 1 aromatic heterocycles. The molecule has 0 aliphatic carbocycles. The van der Waals surface area contributed by atoms with Crippen LogP contribution in [0.25, 0.3) is 11.1 Å². The maximum absolute atomic E-state index is 12.9. The summed E-state index contributed by atoms with van der Waals surface area (Å²) in [5, 5.41) is 3.29. The average Bonchev–Trinajstić information content (AvgIpc) is 2.80. The molecule has 2 heterocycles. The summed E-state index contributed by atoms with van der Waals surface area (Å²) in [7, 11) is 1.62. The molecule has 4 rings (SSSR count). The summed E-state index contributed by atoms with van der Waals surface area (Å²) in [5.41, 5.74) is 2.71. The Morgan fingerprint density at radius 2 is 2.00 bits per heavy atom. The molecule has 2 aromatic carbocycles. The number of carbonyl (C=O) groups excluding carboxylic acids is 1. The first kappa shape index (κ1) is 21.2. The van der Waals surface area contributed by atoms with Gasteiger partial charge in [-0.2, -0.15) is 0 Å². The second-order valence-corrected chi connectivity index (χ2v) is 7.76. The fourth-order valence-electron chi connectivity index (χ4n) is 3.57. The summed E-state index contributed by atoms with van der Waals surface area (Å²) in [6, 6.07) is 16.7. The van der Waals surface area contributed by atoms with Gasteiger partial charge in [-0.15, -0.1) is 0 Å². The number of amides is 1. The standard InChI is InChI=1S/C24H24ClN3O3/c1-16-15-28(12-13-31-16)22-11-8-18(14-26-22)27-24(29)21-5-3-4-20(23(21)25)17-6-9-19(30-2)10-7-17/h3-11,14,16H,12-13,15H2,1-2H3,(H,27,29). The second kappa shape index (κ2) is 9.37. The molecule has 1 atom stereocenters. The summed E-state index contributed by atoms with van der Waals surface area (Å²) < 4.78 is 10.8. The molecule has 0 radical (unpaired) electrons. The topological polar surface area (TPSA) is 63.7 Å². The Hall–Kier alpha value is -3.09. The molecule has 0 bridgehead atoms. The van der Waals surface area contributed by atoms with Crippen molar-refractivity contribution in [1.29, 1.82) is 0 Å². The number of hydrogen-bond donors (Lipinski definition) is 1. The highest BCUT2D eigenvalue weighted by molar-refractivity contribution is 6.37. The molecular formula is C24H24ClN3O3. The van der Waals surface area contributed by atoms with Crippen molar-refractivity contribution in [2.24, 2.45) is 0 Å². The number of anilines is 2. The molecule has 1 aliphatic heterocycles. The van der Waals surface area contributed by atoms with Crippen molar-refractivity contribution in [3.63, 3.8) is 0 Å². The lowest BCUT2D eigenvalue weighted by molar-refractivity contribution is 0.0529. The van der Waals surface area contributed by atoms with Crippen molar-refractivity contribution in [1.82, 2.24) is 4.98 Å². The fraction of sp³-hybridized carbons (Fsp3) is 0.250. The van der Waals surface area contributed by atoms with Crippen LogP contribution in [0.4, 0.5) is 11.5 Å². The van der Waals surface area contributed by atoms with Gasteiger partial charge in [-0.1, -0.05) is 35.9 Å². The molecule has 1 saturated heterocycles. The third kappa shape index (κ3) is 4.81. The maximum atomic E-state index is 12.9. The Morgan fingerprint density at radius 3 is 2.68 bits per heavy atom. The number of halogens is 1. The van der Waals surface area contributed by atoms with E-state index in [4.69, 9.17) is 21.1 Å². The molecular weight excluding hydrogens is 414 g/mol. The lowest BCUT2D eigenvalue weighted by Crippen LogP contribution is -2.41. The van der Waals surface area contributed by atoms with Gasteiger partial charge in [0.2, 0.25) is 0 Å². The van der Waals surface area contributed by atoms with Crippen LogP contribution in [0.1, 0.15) is 17.3 Å². The summed E-state index contributed by atoms with van der Waals surface area (Å²) in [6.45, 7) is 4.33. The van der Waals surface area contributed by atoms with Crippen molar-refractivity contribution in [3.8, 4) is 16.9 Å². The average molecular weight is 438 g/mol. The number of nitrogens with one attached hydrogen (secondary N) is 1. The van der Waals surface area contributed by atoms with E-state index in [0.29, 0.717) is 22.9 Å². The molecule has 7 heteroatoms. The van der Waals surface area contributed by atoms with Gasteiger partial charge in [0.15, 0.2) is 0 Å². The Balaban J connectivity index is 1.49. The molecule has 3 aromatic rings. The smallest absolute Gasteiger partial charge is 0.257 e. The zero-order valence-corrected chi connectivity index (χ0v) is 18.2. The number of carbonyl (C=O) groups is 1. The van der Waals surface area contributed by atoms with Crippen LogP contribution in [0.5, 0.6) is 5.75 Å². The zero-order valence-electron chi connectivity index (χ0n) is 17.5. The summed E-state index contributed by atoms with van der Waals surface area (Å²) in [6.07, 6.45) is 1.84. The van der Waals surface area contributed by atoms with Crippen molar-refractivity contribution in [2.75, 3.05) is 37.0 Å². The Labute approximate surface area is 186 Å². The predicted molar refractivity (Wildman–Crippen MR) is 123 cm³/mol. The molecule has 1 amide bonds. The van der Waals surface area contributed by atoms with Gasteiger partial charge in [-0.05, 0) is 42.8 Å². The van der Waals surface area contributed by atoms with E-state index < -0.39 is 0 Å². The van der Waals surface area contributed by atoms with Gasteiger partial charge in [0.1, 0.15) is 11.6 Å². The number of aromatic nitrogens is 1. The van der Waals surface area contributed by atoms with Crippen LogP contribution in [-0.4, -0.2) is 43.8 Å². The fourth-order valence-corrected chi connectivity index (χ4v) is 3.89. The minimum Gasteiger partial charge on any atom is -0.497 e. The summed E-state index contributed by atoms with van der Waals surface area (Å²) in [5.74, 6) is 1.35. The first-order valence-electron chi connectivity index (χ1n) is 10.1. The second-order valence-electron chi connectivity index (χ2n) is 7.38. The highest BCUT2D eigenvalue weighted by atomic mass is 35.5. The lowest BCUT2D eigenvalue weighted by Gasteiger charge is -2.32. The molecule has 1 N–H and O–H groups in total. The largest absolute Gasteiger partial charge is 0.497 e. The molecule has 1 unspecified atom stereocenters. The monoisotopic (exact) mass is 437 g/mol. The van der Waals surface area contributed by atoms with Crippen LogP contribution in [0, 0.1) is 0 Å². The van der Waals surface area contributed by atoms with E-state index in [1.54, 1.807) is 19.4 Å². The van der Waals surface area contributed by atoms with Gasteiger partial charge < -0.3 is 19.7 Å². The number of ether oxygens (including phenoxy) is 2. The number of benzene rings is 2. The number of nitrogens with zero attached hydrogens (tertiary/aromatic N) is 2. The first-order valence-corrected chi connectivity index (χ1v) is 10.5. The Bertz CT molecular complexity index is 1050. The van der Waals surface area contributed by atoms with Gasteiger partial charge in [0.05, 0.1) is 42.3 Å². The number of methoxy groups -OCH3 is 1. The summed E-state index contributed by atoms with van der Waals surface area (Å²) in [4.78, 5) is 19.6. The lowest BCUT2D eigenvalue weighted by atomic mass is 10.0. The van der Waals surface area contributed by atoms with E-state index in [-0.39, 0.29) is 12.0 Å². The summed E-state index contributed by atoms with van der Waals surface area (Å²) >= 11 is 6.59. The minimum atomic E-state index is -0.282. The van der Waals surface area contributed by atoms with Gasteiger partial charge in [-0.25, -0.2) is 4.98 Å². The first-order chi connectivity index (χ1) is 15.0. The predicted octanol–water partition coefficient (Wildman–Crippen LogP) is 4.89. The highest BCUT2D eigenvalue weighted by Crippen LogP contribution is 2.32. The SMILES string of the molecule is COc1ccc(-c2cccc(C(=O)Nc3ccc(N4CCOC(C)C4)nc3)c2Cl)cc1. The van der Waals surface area contributed by atoms with E-state index >= 15 is 0 Å². The van der Waals surface area contributed by atoms with Crippen molar-refractivity contribution < 1.29 is 14.3 Å². The van der Waals surface area contributed by atoms with E-state index in [2.05, 4.69) is 15.2 Å². The van der Waals surface area contributed by atoms with Gasteiger partial charge in [0.25, 0.3) is 5.91 Å². The number of morpholine rings is 1. The van der Waals surface area contributed by atoms with Crippen LogP contribution in [0.3, 0.4) is 0 Å². The van der Waals surface area contributed by atoms with Crippen molar-refractivity contribution in [3.05, 3.63) is 71.4 Å². The van der Waals surface area contributed by atoms with Crippen LogP contribution < -0.4 is 15.0 Å². The molecule has 31 heavy (non-hydrogen) atoms. The normalized spacial score (nSPS) is 16.1. The third-order valence-corrected chi connectivity index (χ3v) is 5.62. The molecule has 0 spiro atoms. The molecule has 0 saturated carbocycles. The Morgan fingerprint density at radius 1 is 1.19 bits per heavy atom. The highest BCUT2D eigenvalue weighted by Gasteiger charge is 2.18. The van der Waals surface area contributed by atoms with Crippen LogP contribution >= 0.6 is 11.6 Å². The maximum Gasteiger partial charge on any atom is 0.257 e. The number of pyridine rings is 1. The Kier molecular flexibility index (Phi) is 6.39. The van der Waals surface area contributed by atoms with Crippen LogP contribution in [0.2, 0.25) is 5.02 Å². The number of rotatable bonds is 5. The van der Waals surface area contributed by atoms with E-state index in [9.17, 15) is 4.79 Å². The third-order valence-electron chi connectivity index (χ3n) is 5.22. The number of hydrogen-bond acceptors (Lipinski definition) is 5.